The van der Waals surface area contributed by atoms with E-state index in [1.807, 2.05) is 42.5 Å². The first kappa shape index (κ1) is 34.7. The first-order chi connectivity index (χ1) is 22.1. The average molecular weight is 860 g/mol. The van der Waals surface area contributed by atoms with Crippen LogP contribution in [0.5, 0.6) is 0 Å². The molecule has 0 aliphatic rings. The minimum Gasteiger partial charge on any atom is -0.486 e. The fourth-order valence-electron chi connectivity index (χ4n) is 6.17. The number of para-hydroxylation sites is 2. The third kappa shape index (κ3) is 6.87. The van der Waals surface area contributed by atoms with E-state index in [1.54, 1.807) is 6.20 Å². The summed E-state index contributed by atoms with van der Waals surface area (Å²) in [5.74, 6) is 9.08. The van der Waals surface area contributed by atoms with Crippen LogP contribution in [0.2, 0.25) is 17.3 Å². The van der Waals surface area contributed by atoms with Crippen LogP contribution in [0.3, 0.4) is 0 Å². The molecule has 1 radical (unpaired) electrons. The Balaban J connectivity index is 0.000000192. The largest absolute Gasteiger partial charge is 0.486 e. The van der Waals surface area contributed by atoms with Crippen molar-refractivity contribution in [1.29, 1.82) is 0 Å². The van der Waals surface area contributed by atoms with Crippen LogP contribution in [0.25, 0.3) is 55.7 Å². The molecule has 7 rings (SSSR count). The van der Waals surface area contributed by atoms with Gasteiger partial charge in [0.25, 0.3) is 0 Å². The summed E-state index contributed by atoms with van der Waals surface area (Å²) in [6.45, 7) is 11.9. The molecule has 0 aliphatic heterocycles. The van der Waals surface area contributed by atoms with Crippen molar-refractivity contribution in [3.05, 3.63) is 108 Å². The van der Waals surface area contributed by atoms with E-state index in [1.165, 1.54) is 15.5 Å². The zero-order valence-electron chi connectivity index (χ0n) is 28.5. The van der Waals surface area contributed by atoms with Crippen molar-refractivity contribution in [2.24, 2.45) is 0 Å². The maximum atomic E-state index is 6.23. The first-order valence-corrected chi connectivity index (χ1v) is 23.6. The van der Waals surface area contributed by atoms with Gasteiger partial charge >= 0.3 is 119 Å². The van der Waals surface area contributed by atoms with Crippen LogP contribution in [0.1, 0.15) is 57.6 Å². The van der Waals surface area contributed by atoms with Crippen molar-refractivity contribution < 1.29 is 24.5 Å². The molecule has 0 aliphatic carbocycles. The first-order valence-electron chi connectivity index (χ1n) is 16.2. The summed E-state index contributed by atoms with van der Waals surface area (Å²) in [6, 6.07) is 31.4. The van der Waals surface area contributed by atoms with Crippen LogP contribution in [-0.2, 0) is 26.7 Å². The Morgan fingerprint density at radius 2 is 1.62 bits per heavy atom. The Labute approximate surface area is 294 Å². The molecule has 0 bridgehead atoms. The van der Waals surface area contributed by atoms with E-state index in [0.717, 1.165) is 56.6 Å². The molecule has 7 aromatic rings. The Morgan fingerprint density at radius 1 is 0.872 bits per heavy atom. The summed E-state index contributed by atoms with van der Waals surface area (Å²) in [6.07, 6.45) is 3.88. The fraction of sp³-hybridized carbons (Fsp3) is 0.275. The molecule has 0 spiro atoms. The van der Waals surface area contributed by atoms with Crippen LogP contribution in [0, 0.1) is 12.1 Å². The van der Waals surface area contributed by atoms with Gasteiger partial charge in [0.2, 0.25) is 5.71 Å². The summed E-state index contributed by atoms with van der Waals surface area (Å²) in [4.78, 5) is 14.0. The molecule has 7 heteroatoms. The molecule has 0 amide bonds. The van der Waals surface area contributed by atoms with E-state index in [-0.39, 0.29) is 20.1 Å². The Morgan fingerprint density at radius 3 is 2.30 bits per heavy atom. The van der Waals surface area contributed by atoms with Crippen LogP contribution in [-0.4, -0.2) is 32.8 Å². The number of hydrogen-bond donors (Lipinski definition) is 0. The summed E-state index contributed by atoms with van der Waals surface area (Å²) < 4.78 is 9.97. The Bertz CT molecular complexity index is 2140. The molecular weight excluding hydrogens is 817 g/mol. The molecule has 0 atom stereocenters. The van der Waals surface area contributed by atoms with E-state index >= 15 is 0 Å². The molecule has 0 N–H and O–H groups in total. The van der Waals surface area contributed by atoms with Crippen molar-refractivity contribution >= 4 is 50.8 Å². The minimum absolute atomic E-state index is 0. The van der Waals surface area contributed by atoms with Crippen molar-refractivity contribution in [1.82, 2.24) is 19.5 Å². The number of aromatic nitrogens is 4. The van der Waals surface area contributed by atoms with Gasteiger partial charge in [-0.2, -0.15) is 0 Å². The smallest absolute Gasteiger partial charge is 0.216 e. The standard InChI is InChI=1S/C23H20N3O.C17H22GeN.Ir/c1-4-26-19-10-6-5-9-18(19)25-22(26)17-12-11-15(14(2)3)20-16-8-7-13-24-23(16)27-21(17)20;1-13(2)15-11-17(14-9-7-6-8-10-14)19-12-16(15)18(3,4)5;/h5-11,13-14H,4H2,1-3H3;6-9,11-13H,1-5H3;/q2*-1;. The van der Waals surface area contributed by atoms with Crippen molar-refractivity contribution in [2.45, 2.75) is 70.3 Å². The zero-order chi connectivity index (χ0) is 32.6. The second-order valence-electron chi connectivity index (χ2n) is 13.4. The molecule has 0 fully saturated rings. The van der Waals surface area contributed by atoms with E-state index in [9.17, 15) is 0 Å². The number of hydrogen-bond acceptors (Lipinski definition) is 4. The number of aryl methyl sites for hydroxylation is 1. The Kier molecular flexibility index (Phi) is 10.5. The topological polar surface area (TPSA) is 56.7 Å². The average Bonchev–Trinajstić information content (AvgIpc) is 3.63. The predicted octanol–water partition coefficient (Wildman–Crippen LogP) is 10.2. The number of furan rings is 1. The van der Waals surface area contributed by atoms with Gasteiger partial charge in [-0.3, -0.25) is 4.98 Å². The summed E-state index contributed by atoms with van der Waals surface area (Å²) in [5.41, 5.74) is 9.29. The van der Waals surface area contributed by atoms with Gasteiger partial charge in [0.05, 0.1) is 22.4 Å². The van der Waals surface area contributed by atoms with Crippen molar-refractivity contribution in [2.75, 3.05) is 0 Å². The normalized spacial score (nSPS) is 11.7. The zero-order valence-corrected chi connectivity index (χ0v) is 33.0. The van der Waals surface area contributed by atoms with E-state index in [0.29, 0.717) is 17.5 Å². The van der Waals surface area contributed by atoms with Gasteiger partial charge in [0.15, 0.2) is 0 Å². The molecule has 0 saturated heterocycles. The van der Waals surface area contributed by atoms with Gasteiger partial charge in [-0.15, -0.1) is 17.7 Å². The monoisotopic (exact) mass is 861 g/mol. The number of imidazole rings is 1. The van der Waals surface area contributed by atoms with Crippen LogP contribution >= 0.6 is 0 Å². The number of rotatable bonds is 6. The second kappa shape index (κ2) is 14.3. The Hall–Kier alpha value is -3.58. The number of pyridine rings is 2. The van der Waals surface area contributed by atoms with Gasteiger partial charge in [-0.1, -0.05) is 42.8 Å². The van der Waals surface area contributed by atoms with Crippen molar-refractivity contribution in [3.63, 3.8) is 0 Å². The van der Waals surface area contributed by atoms with Crippen LogP contribution < -0.4 is 4.40 Å². The van der Waals surface area contributed by atoms with Gasteiger partial charge < -0.3 is 8.98 Å². The molecule has 3 aromatic carbocycles. The third-order valence-corrected chi connectivity index (χ3v) is 12.8. The molecular formula is C40H42GeIrN4O-2. The molecule has 47 heavy (non-hydrogen) atoms. The SMILES string of the molecule is CC(C)c1cc(-c2[c-]cccc2)nc[c]1[Ge]([CH3])([CH3])[CH3].CCn1c(-c2[c-]cc(C(C)C)c3c2oc2ncccc23)nc2ccccc21.[Ir]. The van der Waals surface area contributed by atoms with Gasteiger partial charge in [-0.25, -0.2) is 4.98 Å². The van der Waals surface area contributed by atoms with Gasteiger partial charge in [-0.05, 0) is 31.2 Å². The molecule has 0 saturated carbocycles. The summed E-state index contributed by atoms with van der Waals surface area (Å²) in [7, 11) is 0. The van der Waals surface area contributed by atoms with Crippen LogP contribution in [0.15, 0.2) is 89.6 Å². The van der Waals surface area contributed by atoms with E-state index in [2.05, 4.69) is 115 Å². The number of benzene rings is 3. The summed E-state index contributed by atoms with van der Waals surface area (Å²) in [5, 5.41) is 2.17. The van der Waals surface area contributed by atoms with Gasteiger partial charge in [0.1, 0.15) is 0 Å². The second-order valence-corrected chi connectivity index (χ2v) is 24.0. The van der Waals surface area contributed by atoms with E-state index in [4.69, 9.17) is 9.40 Å². The fourth-order valence-corrected chi connectivity index (χ4v) is 9.69. The molecule has 5 nitrogen and oxygen atoms in total. The molecule has 4 aromatic heterocycles. The van der Waals surface area contributed by atoms with E-state index < -0.39 is 13.3 Å². The molecule has 0 unspecified atom stereocenters. The van der Waals surface area contributed by atoms with Crippen molar-refractivity contribution in [3.8, 4) is 22.6 Å². The quantitative estimate of drug-likeness (QED) is 0.124. The third-order valence-electron chi connectivity index (χ3n) is 8.52. The molecule has 4 heterocycles. The number of fused-ring (bicyclic) bond motifs is 4. The summed E-state index contributed by atoms with van der Waals surface area (Å²) >= 11 is -1.85. The minimum atomic E-state index is -1.85. The molecule has 243 valence electrons. The number of nitrogens with zero attached hydrogens (tertiary/aromatic N) is 4. The van der Waals surface area contributed by atoms with Crippen LogP contribution in [0.4, 0.5) is 0 Å². The van der Waals surface area contributed by atoms with Gasteiger partial charge in [0, 0.05) is 38.2 Å². The maximum absolute atomic E-state index is 6.23. The maximum Gasteiger partial charge on any atom is 0.216 e. The predicted molar refractivity (Wildman–Crippen MR) is 194 cm³/mol.